The van der Waals surface area contributed by atoms with Gasteiger partial charge in [-0.3, -0.25) is 9.89 Å². The van der Waals surface area contributed by atoms with E-state index in [4.69, 9.17) is 9.47 Å². The van der Waals surface area contributed by atoms with Crippen molar-refractivity contribution in [3.8, 4) is 28.5 Å². The Morgan fingerprint density at radius 1 is 0.941 bits per heavy atom. The Hall–Kier alpha value is -4.26. The second-order valence-electron chi connectivity index (χ2n) is 8.15. The van der Waals surface area contributed by atoms with Crippen LogP contribution < -0.4 is 9.47 Å². The zero-order chi connectivity index (χ0) is 23.7. The topological polar surface area (TPSA) is 87.7 Å². The summed E-state index contributed by atoms with van der Waals surface area (Å²) in [7, 11) is 3.26. The zero-order valence-corrected chi connectivity index (χ0v) is 19.0. The Morgan fingerprint density at radius 3 is 2.24 bits per heavy atom. The van der Waals surface area contributed by atoms with Crippen LogP contribution in [0, 0.1) is 0 Å². The van der Waals surface area contributed by atoms with Crippen LogP contribution in [0.25, 0.3) is 11.3 Å². The van der Waals surface area contributed by atoms with E-state index < -0.39 is 0 Å². The first-order valence-corrected chi connectivity index (χ1v) is 11.0. The van der Waals surface area contributed by atoms with Crippen LogP contribution in [0.15, 0.2) is 72.8 Å². The maximum Gasteiger partial charge on any atom is 0.273 e. The van der Waals surface area contributed by atoms with Gasteiger partial charge in [0.25, 0.3) is 5.91 Å². The number of carbonyl (C=O) groups is 1. The Kier molecular flexibility index (Phi) is 5.67. The van der Waals surface area contributed by atoms with Crippen LogP contribution in [-0.4, -0.2) is 46.9 Å². The molecule has 0 aliphatic carbocycles. The minimum Gasteiger partial charge on any atom is -0.507 e. The van der Waals surface area contributed by atoms with E-state index in [-0.39, 0.29) is 17.7 Å². The highest BCUT2D eigenvalue weighted by Gasteiger charge is 2.42. The SMILES string of the molecule is COc1ccc(CCN2C(=O)c3[nH]nc(-c4ccccc4O)c3C2c2ccc(OC)cc2)cc1. The molecule has 1 aliphatic heterocycles. The Balaban J connectivity index is 1.54. The lowest BCUT2D eigenvalue weighted by Crippen LogP contribution is -2.31. The molecular formula is C27H25N3O4. The van der Waals surface area contributed by atoms with Gasteiger partial charge >= 0.3 is 0 Å². The van der Waals surface area contributed by atoms with Gasteiger partial charge in [-0.2, -0.15) is 5.10 Å². The predicted molar refractivity (Wildman–Crippen MR) is 128 cm³/mol. The maximum absolute atomic E-state index is 13.5. The first-order valence-electron chi connectivity index (χ1n) is 11.0. The third-order valence-corrected chi connectivity index (χ3v) is 6.25. The number of nitrogens with zero attached hydrogens (tertiary/aromatic N) is 2. The summed E-state index contributed by atoms with van der Waals surface area (Å²) >= 11 is 0. The average Bonchev–Trinajstić information content (AvgIpc) is 3.42. The minimum absolute atomic E-state index is 0.112. The lowest BCUT2D eigenvalue weighted by molar-refractivity contribution is 0.0746. The van der Waals surface area contributed by atoms with E-state index in [2.05, 4.69) is 10.2 Å². The van der Waals surface area contributed by atoms with Crippen molar-refractivity contribution in [1.82, 2.24) is 15.1 Å². The number of hydrogen-bond donors (Lipinski definition) is 2. The molecule has 0 saturated carbocycles. The molecule has 3 aromatic carbocycles. The normalized spacial score (nSPS) is 14.8. The fraction of sp³-hybridized carbons (Fsp3) is 0.185. The third-order valence-electron chi connectivity index (χ3n) is 6.25. The number of H-pyrrole nitrogens is 1. The number of rotatable bonds is 7. The molecule has 1 atom stereocenters. The van der Waals surface area contributed by atoms with Crippen molar-refractivity contribution < 1.29 is 19.4 Å². The molecule has 1 unspecified atom stereocenters. The summed E-state index contributed by atoms with van der Waals surface area (Å²) in [6.07, 6.45) is 0.687. The summed E-state index contributed by atoms with van der Waals surface area (Å²) in [5.41, 5.74) is 4.44. The first-order chi connectivity index (χ1) is 16.6. The van der Waals surface area contributed by atoms with Gasteiger partial charge in [0.15, 0.2) is 0 Å². The summed E-state index contributed by atoms with van der Waals surface area (Å²) in [5.74, 6) is 1.55. The third kappa shape index (κ3) is 3.75. The van der Waals surface area contributed by atoms with Crippen molar-refractivity contribution >= 4 is 5.91 Å². The minimum atomic E-state index is -0.347. The number of methoxy groups -OCH3 is 2. The number of para-hydroxylation sites is 1. The van der Waals surface area contributed by atoms with Crippen molar-refractivity contribution in [1.29, 1.82) is 0 Å². The second-order valence-corrected chi connectivity index (χ2v) is 8.15. The molecule has 2 N–H and O–H groups in total. The Labute approximate surface area is 197 Å². The molecule has 34 heavy (non-hydrogen) atoms. The zero-order valence-electron chi connectivity index (χ0n) is 19.0. The lowest BCUT2D eigenvalue weighted by Gasteiger charge is -2.26. The molecule has 1 aromatic heterocycles. The summed E-state index contributed by atoms with van der Waals surface area (Å²) in [6, 6.07) is 22.3. The first kappa shape index (κ1) is 21.6. The number of phenols is 1. The smallest absolute Gasteiger partial charge is 0.273 e. The van der Waals surface area contributed by atoms with Crippen LogP contribution in [-0.2, 0) is 6.42 Å². The van der Waals surface area contributed by atoms with E-state index in [0.717, 1.165) is 28.2 Å². The monoisotopic (exact) mass is 455 g/mol. The van der Waals surface area contributed by atoms with Crippen LogP contribution in [0.1, 0.15) is 33.2 Å². The maximum atomic E-state index is 13.5. The van der Waals surface area contributed by atoms with Crippen LogP contribution in [0.2, 0.25) is 0 Å². The van der Waals surface area contributed by atoms with E-state index in [1.54, 1.807) is 32.4 Å². The van der Waals surface area contributed by atoms with Gasteiger partial charge in [-0.1, -0.05) is 36.4 Å². The Morgan fingerprint density at radius 2 is 1.59 bits per heavy atom. The van der Waals surface area contributed by atoms with Gasteiger partial charge in [0, 0.05) is 17.7 Å². The second kappa shape index (κ2) is 8.94. The average molecular weight is 456 g/mol. The molecule has 2 heterocycles. The quantitative estimate of drug-likeness (QED) is 0.426. The van der Waals surface area contributed by atoms with Gasteiger partial charge in [-0.15, -0.1) is 0 Å². The van der Waals surface area contributed by atoms with Gasteiger partial charge < -0.3 is 19.5 Å². The number of carbonyl (C=O) groups excluding carboxylic acids is 1. The molecule has 0 spiro atoms. The van der Waals surface area contributed by atoms with E-state index in [9.17, 15) is 9.90 Å². The van der Waals surface area contributed by atoms with Crippen molar-refractivity contribution in [2.45, 2.75) is 12.5 Å². The molecule has 0 saturated heterocycles. The van der Waals surface area contributed by atoms with Gasteiger partial charge in [0.05, 0.1) is 20.3 Å². The highest BCUT2D eigenvalue weighted by atomic mass is 16.5. The summed E-state index contributed by atoms with van der Waals surface area (Å²) < 4.78 is 10.6. The molecule has 1 aliphatic rings. The van der Waals surface area contributed by atoms with Crippen molar-refractivity contribution in [2.24, 2.45) is 0 Å². The van der Waals surface area contributed by atoms with Crippen molar-refractivity contribution in [3.63, 3.8) is 0 Å². The predicted octanol–water partition coefficient (Wildman–Crippen LogP) is 4.59. The molecule has 5 rings (SSSR count). The molecule has 4 aromatic rings. The summed E-state index contributed by atoms with van der Waals surface area (Å²) in [4.78, 5) is 15.4. The van der Waals surface area contributed by atoms with E-state index in [1.807, 2.05) is 59.5 Å². The molecule has 1 amide bonds. The van der Waals surface area contributed by atoms with Crippen LogP contribution in [0.5, 0.6) is 17.2 Å². The lowest BCUT2D eigenvalue weighted by atomic mass is 9.95. The number of hydrogen-bond acceptors (Lipinski definition) is 5. The summed E-state index contributed by atoms with van der Waals surface area (Å²) in [6.45, 7) is 0.518. The number of phenolic OH excluding ortho intramolecular Hbond substituents is 1. The number of benzene rings is 3. The van der Waals surface area contributed by atoms with Crippen LogP contribution in [0.3, 0.4) is 0 Å². The Bertz CT molecular complexity index is 1310. The molecule has 172 valence electrons. The number of nitrogens with one attached hydrogen (secondary N) is 1. The van der Waals surface area contributed by atoms with Gasteiger partial charge in [-0.05, 0) is 53.9 Å². The van der Waals surface area contributed by atoms with Gasteiger partial charge in [0.1, 0.15) is 28.6 Å². The number of aromatic hydroxyl groups is 1. The highest BCUT2D eigenvalue weighted by Crippen LogP contribution is 2.44. The fourth-order valence-corrected chi connectivity index (χ4v) is 4.48. The molecular weight excluding hydrogens is 430 g/mol. The summed E-state index contributed by atoms with van der Waals surface area (Å²) in [5, 5.41) is 17.8. The standard InChI is InChI=1S/C27H25N3O4/c1-33-19-11-7-17(8-12-19)15-16-30-26(18-9-13-20(34-2)14-10-18)23-24(28-29-25(23)27(30)32)21-5-3-4-6-22(21)31/h3-14,26,31H,15-16H2,1-2H3,(H,28,29). The number of aromatic amines is 1. The highest BCUT2D eigenvalue weighted by molar-refractivity contribution is 6.00. The van der Waals surface area contributed by atoms with Gasteiger partial charge in [-0.25, -0.2) is 0 Å². The number of ether oxygens (including phenoxy) is 2. The van der Waals surface area contributed by atoms with Crippen LogP contribution >= 0.6 is 0 Å². The molecule has 7 heteroatoms. The molecule has 0 radical (unpaired) electrons. The van der Waals surface area contributed by atoms with E-state index in [0.29, 0.717) is 29.9 Å². The molecule has 0 bridgehead atoms. The van der Waals surface area contributed by atoms with Crippen molar-refractivity contribution in [3.05, 3.63) is 95.2 Å². The van der Waals surface area contributed by atoms with Gasteiger partial charge in [0.2, 0.25) is 0 Å². The molecule has 7 nitrogen and oxygen atoms in total. The van der Waals surface area contributed by atoms with E-state index >= 15 is 0 Å². The number of aromatic nitrogens is 2. The number of amides is 1. The van der Waals surface area contributed by atoms with E-state index in [1.165, 1.54) is 0 Å². The van der Waals surface area contributed by atoms with Crippen molar-refractivity contribution in [2.75, 3.05) is 20.8 Å². The fourth-order valence-electron chi connectivity index (χ4n) is 4.48. The number of fused-ring (bicyclic) bond motifs is 1. The molecule has 0 fully saturated rings. The largest absolute Gasteiger partial charge is 0.507 e. The van der Waals surface area contributed by atoms with Crippen LogP contribution in [0.4, 0.5) is 0 Å².